The van der Waals surface area contributed by atoms with Gasteiger partial charge in [0.15, 0.2) is 0 Å². The lowest BCUT2D eigenvalue weighted by atomic mass is 9.94. The van der Waals surface area contributed by atoms with Gasteiger partial charge in [-0.15, -0.1) is 0 Å². The Hall–Kier alpha value is -0.370. The molecule has 1 fully saturated rings. The van der Waals surface area contributed by atoms with E-state index in [1.165, 1.54) is 0 Å². The van der Waals surface area contributed by atoms with Crippen LogP contribution in [0.2, 0.25) is 5.02 Å². The Kier molecular flexibility index (Phi) is 6.71. The van der Waals surface area contributed by atoms with Gasteiger partial charge in [-0.3, -0.25) is 4.79 Å². The Balaban J connectivity index is 2.27. The van der Waals surface area contributed by atoms with Gasteiger partial charge in [0.1, 0.15) is 12.1 Å². The Morgan fingerprint density at radius 3 is 2.57 bits per heavy atom. The predicted octanol–water partition coefficient (Wildman–Crippen LogP) is 3.38. The van der Waals surface area contributed by atoms with E-state index >= 15 is 0 Å². The highest BCUT2D eigenvalue weighted by atomic mass is 127. The highest BCUT2D eigenvalue weighted by Gasteiger charge is 2.30. The number of nitrogens with zero attached hydrogens (tertiary/aromatic N) is 1. The minimum atomic E-state index is -1.04. The fourth-order valence-corrected chi connectivity index (χ4v) is 3.99. The molecule has 4 nitrogen and oxygen atoms in total. The van der Waals surface area contributed by atoms with E-state index in [1.807, 2.05) is 6.07 Å². The number of hydrogen-bond acceptors (Lipinski definition) is 3. The molecule has 1 heterocycles. The number of rotatable bonds is 5. The van der Waals surface area contributed by atoms with E-state index in [9.17, 15) is 9.90 Å². The second kappa shape index (κ2) is 8.14. The van der Waals surface area contributed by atoms with E-state index in [1.54, 1.807) is 11.0 Å². The average Bonchev–Trinajstić information content (AvgIpc) is 3.06. The molecule has 3 atom stereocenters. The molecule has 0 spiro atoms. The minimum absolute atomic E-state index is 0.185. The van der Waals surface area contributed by atoms with Crippen molar-refractivity contribution in [1.82, 2.24) is 4.90 Å². The fourth-order valence-electron chi connectivity index (χ4n) is 3.07. The molecule has 0 bridgehead atoms. The van der Waals surface area contributed by atoms with Gasteiger partial charge >= 0.3 is 0 Å². The molecule has 1 saturated heterocycles. The van der Waals surface area contributed by atoms with Gasteiger partial charge in [-0.1, -0.05) is 47.2 Å². The number of amides is 1. The van der Waals surface area contributed by atoms with Crippen LogP contribution in [0.5, 0.6) is 0 Å². The number of hydrogen-bond donors (Lipinski definition) is 2. The summed E-state index contributed by atoms with van der Waals surface area (Å²) in [5.41, 5.74) is 8.83. The molecule has 23 heavy (non-hydrogen) atoms. The van der Waals surface area contributed by atoms with Crippen LogP contribution in [0.25, 0.3) is 0 Å². The molecule has 1 aliphatic heterocycles. The zero-order chi connectivity index (χ0) is 17.1. The summed E-state index contributed by atoms with van der Waals surface area (Å²) in [6.07, 6.45) is 1.79. The molecule has 6 heteroatoms. The average molecular weight is 451 g/mol. The molecule has 0 aliphatic carbocycles. The van der Waals surface area contributed by atoms with Crippen molar-refractivity contribution < 1.29 is 9.90 Å². The first-order valence-electron chi connectivity index (χ1n) is 8.05. The Morgan fingerprint density at radius 1 is 1.43 bits per heavy atom. The van der Waals surface area contributed by atoms with Crippen LogP contribution in [0, 0.1) is 0 Å². The summed E-state index contributed by atoms with van der Waals surface area (Å²) in [6.45, 7) is 5.59. The summed E-state index contributed by atoms with van der Waals surface area (Å²) in [5.74, 6) is -0.185. The van der Waals surface area contributed by atoms with Crippen molar-refractivity contribution in [2.24, 2.45) is 5.73 Å². The van der Waals surface area contributed by atoms with Crippen molar-refractivity contribution in [3.8, 4) is 0 Å². The van der Waals surface area contributed by atoms with E-state index < -0.39 is 12.1 Å². The number of nitrogens with two attached hydrogens (primary N) is 1. The Morgan fingerprint density at radius 2 is 2.04 bits per heavy atom. The smallest absolute Gasteiger partial charge is 0.242 e. The second-order valence-electron chi connectivity index (χ2n) is 6.04. The summed E-state index contributed by atoms with van der Waals surface area (Å²) in [7, 11) is 0. The van der Waals surface area contributed by atoms with Crippen LogP contribution in [-0.2, 0) is 11.2 Å². The van der Waals surface area contributed by atoms with Crippen molar-refractivity contribution in [3.63, 3.8) is 0 Å². The van der Waals surface area contributed by atoms with Gasteiger partial charge in [0, 0.05) is 22.0 Å². The van der Waals surface area contributed by atoms with Gasteiger partial charge in [0.25, 0.3) is 0 Å². The third kappa shape index (κ3) is 4.18. The lowest BCUT2D eigenvalue weighted by molar-refractivity contribution is -0.134. The van der Waals surface area contributed by atoms with Crippen molar-refractivity contribution in [2.45, 2.75) is 49.2 Å². The van der Waals surface area contributed by atoms with Gasteiger partial charge in [0.2, 0.25) is 5.91 Å². The Bertz CT molecular complexity index is 574. The molecule has 0 radical (unpaired) electrons. The first kappa shape index (κ1) is 19.0. The minimum Gasteiger partial charge on any atom is -0.386 e. The van der Waals surface area contributed by atoms with Gasteiger partial charge in [-0.25, -0.2) is 0 Å². The lowest BCUT2D eigenvalue weighted by Crippen LogP contribution is -2.45. The number of carbonyl (C=O) groups is 1. The van der Waals surface area contributed by atoms with Gasteiger partial charge in [-0.05, 0) is 48.9 Å². The van der Waals surface area contributed by atoms with Crippen LogP contribution < -0.4 is 5.73 Å². The predicted molar refractivity (Wildman–Crippen MR) is 102 cm³/mol. The first-order chi connectivity index (χ1) is 10.9. The Labute approximate surface area is 156 Å². The molecule has 0 aromatic heterocycles. The third-order valence-corrected chi connectivity index (χ3v) is 5.43. The zero-order valence-corrected chi connectivity index (χ0v) is 16.5. The molecular weight excluding hydrogens is 427 g/mol. The summed E-state index contributed by atoms with van der Waals surface area (Å²) in [6, 6.07) is 2.72. The molecule has 128 valence electrons. The first-order valence-corrected chi connectivity index (χ1v) is 9.67. The molecule has 1 amide bonds. The molecule has 3 N–H and O–H groups in total. The molecule has 0 saturated carbocycles. The van der Waals surface area contributed by atoms with E-state index in [0.717, 1.165) is 43.5 Å². The lowest BCUT2D eigenvalue weighted by Gasteiger charge is -2.25. The van der Waals surface area contributed by atoms with Crippen molar-refractivity contribution >= 4 is 40.1 Å². The van der Waals surface area contributed by atoms with Gasteiger partial charge in [0.05, 0.1) is 0 Å². The van der Waals surface area contributed by atoms with E-state index in [2.05, 4.69) is 36.4 Å². The van der Waals surface area contributed by atoms with Crippen LogP contribution >= 0.6 is 34.2 Å². The van der Waals surface area contributed by atoms with Crippen LogP contribution in [0.15, 0.2) is 12.1 Å². The standard InChI is InChI=1S/C17H24ClIN2O2/c1-3-12-13(10(2)19)8-11(9-14(12)18)16(22)15(20)17(23)21-6-4-5-7-21/h8-10,15-16,22H,3-7,20H2,1-2H3/t10-,15-,16+/m1/s1. The summed E-state index contributed by atoms with van der Waals surface area (Å²) in [4.78, 5) is 14.1. The van der Waals surface area contributed by atoms with Crippen LogP contribution in [0.4, 0.5) is 0 Å². The highest BCUT2D eigenvalue weighted by Crippen LogP contribution is 2.34. The number of benzene rings is 1. The van der Waals surface area contributed by atoms with Crippen LogP contribution in [0.1, 0.15) is 53.4 Å². The number of halogens is 2. The molecule has 2 rings (SSSR count). The largest absolute Gasteiger partial charge is 0.386 e. The third-order valence-electron chi connectivity index (χ3n) is 4.42. The van der Waals surface area contributed by atoms with E-state index in [4.69, 9.17) is 17.3 Å². The topological polar surface area (TPSA) is 66.6 Å². The number of aliphatic hydroxyl groups is 1. The van der Waals surface area contributed by atoms with Crippen molar-refractivity contribution in [1.29, 1.82) is 0 Å². The maximum absolute atomic E-state index is 12.4. The number of carbonyl (C=O) groups excluding carboxylic acids is 1. The molecule has 1 aromatic carbocycles. The molecule has 1 aliphatic rings. The maximum Gasteiger partial charge on any atom is 0.242 e. The van der Waals surface area contributed by atoms with Crippen molar-refractivity contribution in [3.05, 3.63) is 33.8 Å². The molecule has 1 aromatic rings. The normalized spacial score (nSPS) is 18.8. The van der Waals surface area contributed by atoms with Gasteiger partial charge < -0.3 is 15.7 Å². The number of aliphatic hydroxyl groups excluding tert-OH is 1. The molecule has 0 unspecified atom stereocenters. The maximum atomic E-state index is 12.4. The number of alkyl halides is 1. The van der Waals surface area contributed by atoms with E-state index in [-0.39, 0.29) is 9.83 Å². The van der Waals surface area contributed by atoms with Crippen LogP contribution in [0.3, 0.4) is 0 Å². The van der Waals surface area contributed by atoms with Gasteiger partial charge in [-0.2, -0.15) is 0 Å². The highest BCUT2D eigenvalue weighted by molar-refractivity contribution is 14.1. The summed E-state index contributed by atoms with van der Waals surface area (Å²) in [5, 5.41) is 11.2. The second-order valence-corrected chi connectivity index (χ2v) is 8.32. The fraction of sp³-hybridized carbons (Fsp3) is 0.588. The monoisotopic (exact) mass is 450 g/mol. The number of likely N-dealkylation sites (tertiary alicyclic amines) is 1. The van der Waals surface area contributed by atoms with E-state index in [0.29, 0.717) is 10.6 Å². The van der Waals surface area contributed by atoms with Crippen LogP contribution in [-0.4, -0.2) is 35.0 Å². The molecular formula is C17H24ClIN2O2. The quantitative estimate of drug-likeness (QED) is 0.534. The SMILES string of the molecule is CCc1c(Cl)cc([C@H](O)[C@@H](N)C(=O)N2CCCC2)cc1[C@@H](C)I. The summed E-state index contributed by atoms with van der Waals surface area (Å²) < 4.78 is 0.262. The van der Waals surface area contributed by atoms with Crippen molar-refractivity contribution in [2.75, 3.05) is 13.1 Å². The zero-order valence-electron chi connectivity index (χ0n) is 13.6. The summed E-state index contributed by atoms with van der Waals surface area (Å²) >= 11 is 8.71.